The molecular weight excluding hydrogens is 557 g/mol. The smallest absolute Gasteiger partial charge is 0.214 e. The fraction of sp³-hybridized carbons (Fsp3) is 0.208. The number of tetrazole rings is 1. The maximum Gasteiger partial charge on any atom is 0.214 e. The van der Waals surface area contributed by atoms with E-state index in [1.54, 1.807) is 22.5 Å². The van der Waals surface area contributed by atoms with Crippen LogP contribution in [-0.2, 0) is 13.2 Å². The normalized spacial score (nSPS) is 11.0. The molecule has 0 radical (unpaired) electrons. The number of nitrogens with zero attached hydrogens (tertiary/aromatic N) is 4. The van der Waals surface area contributed by atoms with Crippen molar-refractivity contribution in [1.82, 2.24) is 25.5 Å². The molecule has 176 valence electrons. The van der Waals surface area contributed by atoms with E-state index in [4.69, 9.17) is 27.9 Å². The molecule has 0 atom stereocenters. The molecule has 4 aromatic rings. The van der Waals surface area contributed by atoms with Crippen LogP contribution < -0.4 is 10.1 Å². The van der Waals surface area contributed by atoms with Gasteiger partial charge in [0.15, 0.2) is 0 Å². The van der Waals surface area contributed by atoms with E-state index >= 15 is 0 Å². The average molecular weight is 579 g/mol. The van der Waals surface area contributed by atoms with Crippen LogP contribution in [-0.4, -0.2) is 32.5 Å². The number of hydrogen-bond donors (Lipinski definition) is 1. The van der Waals surface area contributed by atoms with Crippen molar-refractivity contribution in [2.24, 2.45) is 0 Å². The first-order valence-corrected chi connectivity index (χ1v) is 13.2. The molecule has 0 fully saturated rings. The van der Waals surface area contributed by atoms with Gasteiger partial charge in [0.1, 0.15) is 12.4 Å². The van der Waals surface area contributed by atoms with Gasteiger partial charge < -0.3 is 10.1 Å². The molecule has 3 aromatic carbocycles. The van der Waals surface area contributed by atoms with Crippen molar-refractivity contribution in [1.29, 1.82) is 0 Å². The number of hydrogen-bond acceptors (Lipinski definition) is 6. The predicted octanol–water partition coefficient (Wildman–Crippen LogP) is 6.58. The molecule has 0 unspecified atom stereocenters. The van der Waals surface area contributed by atoms with E-state index < -0.39 is 0 Å². The lowest BCUT2D eigenvalue weighted by Crippen LogP contribution is -2.16. The lowest BCUT2D eigenvalue weighted by molar-refractivity contribution is 0.302. The minimum atomic E-state index is 0.415. The Hall–Kier alpha value is -2.10. The van der Waals surface area contributed by atoms with Crippen LogP contribution in [0, 0.1) is 0 Å². The van der Waals surface area contributed by atoms with Crippen LogP contribution in [0.1, 0.15) is 17.5 Å². The Morgan fingerprint density at radius 3 is 2.68 bits per heavy atom. The molecule has 4 rings (SSSR count). The summed E-state index contributed by atoms with van der Waals surface area (Å²) < 4.78 is 8.83. The van der Waals surface area contributed by atoms with Gasteiger partial charge in [-0.25, -0.2) is 0 Å². The molecule has 0 saturated heterocycles. The fourth-order valence-corrected chi connectivity index (χ4v) is 4.76. The van der Waals surface area contributed by atoms with Crippen LogP contribution in [0.4, 0.5) is 0 Å². The van der Waals surface area contributed by atoms with Gasteiger partial charge in [-0.05, 0) is 71.4 Å². The van der Waals surface area contributed by atoms with Crippen LogP contribution in [0.3, 0.4) is 0 Å². The zero-order valence-corrected chi connectivity index (χ0v) is 22.0. The highest BCUT2D eigenvalue weighted by molar-refractivity contribution is 9.10. The Labute approximate surface area is 221 Å². The quantitative estimate of drug-likeness (QED) is 0.160. The molecular formula is C24H22BrCl2N5OS. The lowest BCUT2D eigenvalue weighted by Gasteiger charge is -2.13. The van der Waals surface area contributed by atoms with E-state index in [9.17, 15) is 0 Å². The zero-order chi connectivity index (χ0) is 23.8. The Bertz CT molecular complexity index is 1230. The molecule has 1 aromatic heterocycles. The fourth-order valence-electron chi connectivity index (χ4n) is 3.20. The number of rotatable bonds is 11. The third-order valence-electron chi connectivity index (χ3n) is 4.89. The highest BCUT2D eigenvalue weighted by atomic mass is 79.9. The minimum Gasteiger partial charge on any atom is -0.489 e. The Kier molecular flexibility index (Phi) is 9.24. The molecule has 6 nitrogen and oxygen atoms in total. The lowest BCUT2D eigenvalue weighted by atomic mass is 10.2. The van der Waals surface area contributed by atoms with Gasteiger partial charge in [-0.3, -0.25) is 0 Å². The maximum atomic E-state index is 6.11. The zero-order valence-electron chi connectivity index (χ0n) is 18.1. The highest BCUT2D eigenvalue weighted by Crippen LogP contribution is 2.26. The molecule has 0 bridgehead atoms. The van der Waals surface area contributed by atoms with Crippen LogP contribution in [0.2, 0.25) is 10.0 Å². The second-order valence-corrected chi connectivity index (χ2v) is 10.2. The summed E-state index contributed by atoms with van der Waals surface area (Å²) >= 11 is 17.3. The van der Waals surface area contributed by atoms with Crippen molar-refractivity contribution >= 4 is 50.9 Å². The number of thioether (sulfide) groups is 1. The van der Waals surface area contributed by atoms with Crippen LogP contribution >= 0.6 is 50.9 Å². The Balaban J connectivity index is 1.25. The SMILES string of the molecule is Clc1ccc(COc2ccc(Br)cc2CNCCCSc2nnnn2-c2ccccc2)cc1Cl. The molecule has 0 aliphatic rings. The van der Waals surface area contributed by atoms with Crippen molar-refractivity contribution in [3.05, 3.63) is 92.4 Å². The number of para-hydroxylation sites is 1. The van der Waals surface area contributed by atoms with Crippen molar-refractivity contribution in [3.63, 3.8) is 0 Å². The van der Waals surface area contributed by atoms with Gasteiger partial charge in [0.05, 0.1) is 15.7 Å². The van der Waals surface area contributed by atoms with Crippen LogP contribution in [0.15, 0.2) is 76.4 Å². The van der Waals surface area contributed by atoms with Gasteiger partial charge >= 0.3 is 0 Å². The number of benzene rings is 3. The second kappa shape index (κ2) is 12.6. The molecule has 0 amide bonds. The van der Waals surface area contributed by atoms with Gasteiger partial charge in [0, 0.05) is 22.3 Å². The van der Waals surface area contributed by atoms with E-state index in [0.29, 0.717) is 23.2 Å². The molecule has 0 spiro atoms. The topological polar surface area (TPSA) is 64.9 Å². The summed E-state index contributed by atoms with van der Waals surface area (Å²) in [6.07, 6.45) is 0.972. The number of halogens is 3. The summed E-state index contributed by atoms with van der Waals surface area (Å²) in [7, 11) is 0. The molecule has 1 heterocycles. The van der Waals surface area contributed by atoms with Gasteiger partial charge in [-0.1, -0.05) is 75.2 Å². The first kappa shape index (κ1) is 25.0. The van der Waals surface area contributed by atoms with E-state index in [-0.39, 0.29) is 0 Å². The third kappa shape index (κ3) is 6.96. The molecule has 10 heteroatoms. The van der Waals surface area contributed by atoms with Crippen molar-refractivity contribution in [3.8, 4) is 11.4 Å². The van der Waals surface area contributed by atoms with E-state index in [1.807, 2.05) is 54.6 Å². The van der Waals surface area contributed by atoms with Crippen molar-refractivity contribution < 1.29 is 4.74 Å². The molecule has 0 saturated carbocycles. The summed E-state index contributed by atoms with van der Waals surface area (Å²) in [5.74, 6) is 1.73. The van der Waals surface area contributed by atoms with E-state index in [1.165, 1.54) is 0 Å². The van der Waals surface area contributed by atoms with Gasteiger partial charge in [0.2, 0.25) is 5.16 Å². The highest BCUT2D eigenvalue weighted by Gasteiger charge is 2.09. The Morgan fingerprint density at radius 1 is 1.00 bits per heavy atom. The standard InChI is InChI=1S/C24H22BrCl2N5OS/c25-19-8-10-23(33-16-17-7-9-21(26)22(27)13-17)18(14-19)15-28-11-4-12-34-24-29-30-31-32(24)20-5-2-1-3-6-20/h1-3,5-10,13-14,28H,4,11-12,15-16H2. The minimum absolute atomic E-state index is 0.415. The summed E-state index contributed by atoms with van der Waals surface area (Å²) in [6.45, 7) is 1.97. The summed E-state index contributed by atoms with van der Waals surface area (Å²) in [6, 6.07) is 21.4. The predicted molar refractivity (Wildman–Crippen MR) is 141 cm³/mol. The van der Waals surface area contributed by atoms with Crippen molar-refractivity contribution in [2.75, 3.05) is 12.3 Å². The van der Waals surface area contributed by atoms with Gasteiger partial charge in [-0.2, -0.15) is 4.68 Å². The number of ether oxygens (including phenoxy) is 1. The largest absolute Gasteiger partial charge is 0.489 e. The summed E-state index contributed by atoms with van der Waals surface area (Å²) in [5, 5.41) is 17.4. The number of aromatic nitrogens is 4. The summed E-state index contributed by atoms with van der Waals surface area (Å²) in [5.41, 5.74) is 3.00. The molecule has 1 N–H and O–H groups in total. The van der Waals surface area contributed by atoms with Crippen molar-refractivity contribution in [2.45, 2.75) is 24.7 Å². The molecule has 0 aliphatic heterocycles. The first-order valence-electron chi connectivity index (χ1n) is 10.6. The van der Waals surface area contributed by atoms with Crippen LogP contribution in [0.25, 0.3) is 5.69 Å². The maximum absolute atomic E-state index is 6.11. The monoisotopic (exact) mass is 577 g/mol. The molecule has 0 aliphatic carbocycles. The summed E-state index contributed by atoms with van der Waals surface area (Å²) in [4.78, 5) is 0. The molecule has 34 heavy (non-hydrogen) atoms. The number of nitrogens with one attached hydrogen (secondary N) is 1. The Morgan fingerprint density at radius 2 is 1.85 bits per heavy atom. The second-order valence-electron chi connectivity index (χ2n) is 7.38. The van der Waals surface area contributed by atoms with E-state index in [0.717, 1.165) is 50.9 Å². The average Bonchev–Trinajstić information content (AvgIpc) is 3.32. The van der Waals surface area contributed by atoms with Crippen LogP contribution in [0.5, 0.6) is 5.75 Å². The van der Waals surface area contributed by atoms with Gasteiger partial charge in [-0.15, -0.1) is 5.10 Å². The van der Waals surface area contributed by atoms with E-state index in [2.05, 4.69) is 42.8 Å². The third-order valence-corrected chi connectivity index (χ3v) is 7.12. The van der Waals surface area contributed by atoms with Gasteiger partial charge in [0.25, 0.3) is 0 Å². The first-order chi connectivity index (χ1) is 16.6.